The molecule has 3 nitrogen and oxygen atoms in total. The lowest BCUT2D eigenvalue weighted by atomic mass is 10.2. The Labute approximate surface area is 79.0 Å². The lowest BCUT2D eigenvalue weighted by Crippen LogP contribution is -2.40. The lowest BCUT2D eigenvalue weighted by molar-refractivity contribution is -0.118. The van der Waals surface area contributed by atoms with Crippen molar-refractivity contribution in [3.63, 3.8) is 0 Å². The minimum Gasteiger partial charge on any atom is -0.366 e. The smallest absolute Gasteiger partial charge is 0.173 e. The third kappa shape index (κ3) is 1.98. The minimum atomic E-state index is -0.838. The first-order valence-electron chi connectivity index (χ1n) is 3.86. The van der Waals surface area contributed by atoms with Crippen LogP contribution in [0, 0.1) is 5.92 Å². The van der Waals surface area contributed by atoms with E-state index in [0.717, 1.165) is 6.42 Å². The molecule has 0 spiro atoms. The molecule has 1 rings (SSSR count). The van der Waals surface area contributed by atoms with Crippen molar-refractivity contribution < 1.29 is 9.84 Å². The van der Waals surface area contributed by atoms with Gasteiger partial charge in [0.15, 0.2) is 6.29 Å². The van der Waals surface area contributed by atoms with Gasteiger partial charge in [-0.1, -0.05) is 6.08 Å². The molecule has 1 saturated carbocycles. The van der Waals surface area contributed by atoms with E-state index in [1.54, 1.807) is 6.08 Å². The molecular weight excluding hydrogens is 178 g/mol. The van der Waals surface area contributed by atoms with E-state index in [2.05, 4.69) is 6.58 Å². The van der Waals surface area contributed by atoms with E-state index in [4.69, 9.17) is 10.5 Å². The number of aliphatic hydroxyl groups is 1. The summed E-state index contributed by atoms with van der Waals surface area (Å²) in [5.74, 6) is 0.212. The van der Waals surface area contributed by atoms with Gasteiger partial charge in [0.25, 0.3) is 0 Å². The van der Waals surface area contributed by atoms with Gasteiger partial charge in [0.1, 0.15) is 0 Å². The van der Waals surface area contributed by atoms with Gasteiger partial charge in [0, 0.05) is 12.5 Å². The molecule has 0 amide bonds. The van der Waals surface area contributed by atoms with Gasteiger partial charge in [-0.25, -0.2) is 0 Å². The molecule has 2 unspecified atom stereocenters. The number of ether oxygens (including phenoxy) is 1. The molecule has 3 atom stereocenters. The predicted octanol–water partition coefficient (Wildman–Crippen LogP) is 0.667. The highest BCUT2D eigenvalue weighted by molar-refractivity contribution is 5.85. The molecule has 0 bridgehead atoms. The van der Waals surface area contributed by atoms with Crippen LogP contribution in [0.2, 0.25) is 0 Å². The highest BCUT2D eigenvalue weighted by Gasteiger charge is 2.55. The SMILES string of the molecule is C=CC1C[C@]1(N)C(O)OCC.Cl. The van der Waals surface area contributed by atoms with Crippen LogP contribution in [0.15, 0.2) is 12.7 Å². The first kappa shape index (κ1) is 11.9. The maximum atomic E-state index is 9.35. The molecule has 1 aliphatic rings. The first-order valence-corrected chi connectivity index (χ1v) is 3.86. The highest BCUT2D eigenvalue weighted by atomic mass is 35.5. The van der Waals surface area contributed by atoms with Crippen LogP contribution in [0.25, 0.3) is 0 Å². The van der Waals surface area contributed by atoms with Crippen molar-refractivity contribution in [2.75, 3.05) is 6.61 Å². The van der Waals surface area contributed by atoms with Crippen molar-refractivity contribution in [2.45, 2.75) is 25.2 Å². The van der Waals surface area contributed by atoms with Crippen molar-refractivity contribution in [1.29, 1.82) is 0 Å². The third-order valence-corrected chi connectivity index (χ3v) is 2.17. The molecule has 72 valence electrons. The van der Waals surface area contributed by atoms with Crippen molar-refractivity contribution in [1.82, 2.24) is 0 Å². The Bertz CT molecular complexity index is 165. The van der Waals surface area contributed by atoms with E-state index >= 15 is 0 Å². The van der Waals surface area contributed by atoms with E-state index in [0.29, 0.717) is 6.61 Å². The summed E-state index contributed by atoms with van der Waals surface area (Å²) in [4.78, 5) is 0. The lowest BCUT2D eigenvalue weighted by Gasteiger charge is -2.17. The molecule has 0 heterocycles. The summed E-state index contributed by atoms with van der Waals surface area (Å²) in [5.41, 5.74) is 5.23. The molecule has 1 aliphatic carbocycles. The van der Waals surface area contributed by atoms with Gasteiger partial charge in [-0.15, -0.1) is 19.0 Å². The van der Waals surface area contributed by atoms with Crippen molar-refractivity contribution in [2.24, 2.45) is 11.7 Å². The molecule has 0 aromatic heterocycles. The number of aliphatic hydroxyl groups excluding tert-OH is 1. The number of nitrogens with two attached hydrogens (primary N) is 1. The van der Waals surface area contributed by atoms with E-state index < -0.39 is 11.8 Å². The zero-order chi connectivity index (χ0) is 8.48. The van der Waals surface area contributed by atoms with Gasteiger partial charge in [0.2, 0.25) is 0 Å². The topological polar surface area (TPSA) is 55.5 Å². The number of hydrogen-bond acceptors (Lipinski definition) is 3. The quantitative estimate of drug-likeness (QED) is 0.510. The molecule has 0 aromatic carbocycles. The largest absolute Gasteiger partial charge is 0.366 e. The average molecular weight is 194 g/mol. The van der Waals surface area contributed by atoms with Crippen molar-refractivity contribution in [3.8, 4) is 0 Å². The van der Waals surface area contributed by atoms with E-state index in [1.807, 2.05) is 6.92 Å². The molecule has 0 aromatic rings. The van der Waals surface area contributed by atoms with Gasteiger partial charge in [-0.3, -0.25) is 0 Å². The third-order valence-electron chi connectivity index (χ3n) is 2.17. The maximum Gasteiger partial charge on any atom is 0.173 e. The zero-order valence-electron chi connectivity index (χ0n) is 7.19. The normalized spacial score (nSPS) is 35.1. The zero-order valence-corrected chi connectivity index (χ0v) is 8.01. The summed E-state index contributed by atoms with van der Waals surface area (Å²) < 4.78 is 4.98. The summed E-state index contributed by atoms with van der Waals surface area (Å²) >= 11 is 0. The Balaban J connectivity index is 0.00000121. The van der Waals surface area contributed by atoms with Crippen LogP contribution in [0.4, 0.5) is 0 Å². The summed E-state index contributed by atoms with van der Waals surface area (Å²) in [6, 6.07) is 0. The molecule has 4 heteroatoms. The Morgan fingerprint density at radius 1 is 1.92 bits per heavy atom. The predicted molar refractivity (Wildman–Crippen MR) is 50.1 cm³/mol. The highest BCUT2D eigenvalue weighted by Crippen LogP contribution is 2.44. The van der Waals surface area contributed by atoms with Crippen LogP contribution in [-0.4, -0.2) is 23.5 Å². The standard InChI is InChI=1S/C8H15NO2.ClH/c1-3-6-5-8(6,9)7(10)11-4-2;/h3,6-7,10H,1,4-5,9H2,2H3;1H/t6?,7?,8-;/m1./s1. The van der Waals surface area contributed by atoms with Crippen LogP contribution in [0.3, 0.4) is 0 Å². The number of hydrogen-bond donors (Lipinski definition) is 2. The van der Waals surface area contributed by atoms with Crippen LogP contribution in [0.1, 0.15) is 13.3 Å². The first-order chi connectivity index (χ1) is 5.15. The fourth-order valence-electron chi connectivity index (χ4n) is 1.22. The van der Waals surface area contributed by atoms with Crippen LogP contribution >= 0.6 is 12.4 Å². The Morgan fingerprint density at radius 2 is 2.50 bits per heavy atom. The number of halogens is 1. The van der Waals surface area contributed by atoms with Crippen LogP contribution in [-0.2, 0) is 4.74 Å². The molecule has 1 fully saturated rings. The molecule has 12 heavy (non-hydrogen) atoms. The fraction of sp³-hybridized carbons (Fsp3) is 0.750. The second-order valence-corrected chi connectivity index (χ2v) is 2.97. The van der Waals surface area contributed by atoms with Gasteiger partial charge in [-0.05, 0) is 13.3 Å². The molecule has 3 N–H and O–H groups in total. The average Bonchev–Trinajstić information content (AvgIpc) is 2.64. The molecule has 0 aliphatic heterocycles. The van der Waals surface area contributed by atoms with E-state index in [-0.39, 0.29) is 18.3 Å². The van der Waals surface area contributed by atoms with Gasteiger partial charge < -0.3 is 15.6 Å². The van der Waals surface area contributed by atoms with Crippen LogP contribution in [0.5, 0.6) is 0 Å². The summed E-state index contributed by atoms with van der Waals surface area (Å²) in [6.07, 6.45) is 1.70. The summed E-state index contributed by atoms with van der Waals surface area (Å²) in [6.45, 7) is 5.94. The number of rotatable bonds is 4. The molecule has 0 saturated heterocycles. The monoisotopic (exact) mass is 193 g/mol. The van der Waals surface area contributed by atoms with E-state index in [1.165, 1.54) is 0 Å². The Hall–Kier alpha value is -0.0900. The van der Waals surface area contributed by atoms with E-state index in [9.17, 15) is 5.11 Å². The van der Waals surface area contributed by atoms with Crippen LogP contribution < -0.4 is 5.73 Å². The summed E-state index contributed by atoms with van der Waals surface area (Å²) in [7, 11) is 0. The van der Waals surface area contributed by atoms with Gasteiger partial charge in [0.05, 0.1) is 5.54 Å². The second-order valence-electron chi connectivity index (χ2n) is 2.97. The second kappa shape index (κ2) is 4.23. The minimum absolute atomic E-state index is 0. The Morgan fingerprint density at radius 3 is 2.83 bits per heavy atom. The van der Waals surface area contributed by atoms with Crippen molar-refractivity contribution in [3.05, 3.63) is 12.7 Å². The maximum absolute atomic E-state index is 9.35. The van der Waals surface area contributed by atoms with Gasteiger partial charge in [-0.2, -0.15) is 0 Å². The van der Waals surface area contributed by atoms with Crippen molar-refractivity contribution >= 4 is 12.4 Å². The fourth-order valence-corrected chi connectivity index (χ4v) is 1.22. The summed E-state index contributed by atoms with van der Waals surface area (Å²) in [5, 5.41) is 9.35. The molecular formula is C8H16ClNO2. The molecule has 0 radical (unpaired) electrons. The Kier molecular flexibility index (Phi) is 4.20. The van der Waals surface area contributed by atoms with Gasteiger partial charge >= 0.3 is 0 Å².